The highest BCUT2D eigenvalue weighted by Gasteiger charge is 2.59. The Bertz CT molecular complexity index is 1290. The summed E-state index contributed by atoms with van der Waals surface area (Å²) in [5, 5.41) is 0. The molecule has 206 valence electrons. The van der Waals surface area contributed by atoms with Crippen molar-refractivity contribution >= 4 is 17.5 Å². The summed E-state index contributed by atoms with van der Waals surface area (Å²) >= 11 is -1.26. The molecule has 0 spiro atoms. The number of pyridine rings is 1. The predicted octanol–water partition coefficient (Wildman–Crippen LogP) is 5.65. The van der Waals surface area contributed by atoms with E-state index in [9.17, 15) is 13.7 Å². The van der Waals surface area contributed by atoms with E-state index in [1.54, 1.807) is 17.0 Å². The van der Waals surface area contributed by atoms with Crippen molar-refractivity contribution in [3.05, 3.63) is 83.7 Å². The topological polar surface area (TPSA) is 86.8 Å². The largest absolute Gasteiger partial charge is 0.598 e. The molecule has 3 unspecified atom stereocenters. The molecule has 0 bridgehead atoms. The number of rotatable bonds is 8. The number of carbonyl (C=O) groups excluding carboxylic acids is 1. The van der Waals surface area contributed by atoms with Crippen molar-refractivity contribution in [1.29, 1.82) is 0 Å². The smallest absolute Gasteiger partial charge is 0.410 e. The van der Waals surface area contributed by atoms with Crippen LogP contribution in [0.4, 0.5) is 9.18 Å². The summed E-state index contributed by atoms with van der Waals surface area (Å²) < 4.78 is 40.8. The van der Waals surface area contributed by atoms with Gasteiger partial charge in [-0.05, 0) is 69.2 Å². The molecular weight excluding hydrogens is 517 g/mol. The Hall–Kier alpha value is -3.14. The SMILES string of the molecule is CC(N[S+]([O-])C(C)(C)C)c1cc(OC2[C@H]3CN(C(=O)OCc4ccccc4)C[C@@H]23)nc(-c2ccc(F)cc2)c1. The molecule has 1 aliphatic heterocycles. The second-order valence-electron chi connectivity index (χ2n) is 11.2. The summed E-state index contributed by atoms with van der Waals surface area (Å²) in [6, 6.07) is 19.3. The lowest BCUT2D eigenvalue weighted by molar-refractivity contribution is 0.0945. The van der Waals surface area contributed by atoms with E-state index in [-0.39, 0.29) is 42.5 Å². The van der Waals surface area contributed by atoms with Crippen LogP contribution in [-0.2, 0) is 22.7 Å². The van der Waals surface area contributed by atoms with E-state index >= 15 is 0 Å². The number of piperidine rings is 1. The highest BCUT2D eigenvalue weighted by molar-refractivity contribution is 7.90. The number of amides is 1. The van der Waals surface area contributed by atoms with Crippen LogP contribution in [0.15, 0.2) is 66.7 Å². The fraction of sp³-hybridized carbons (Fsp3) is 0.400. The van der Waals surface area contributed by atoms with Crippen LogP contribution in [0.5, 0.6) is 5.88 Å². The van der Waals surface area contributed by atoms with Gasteiger partial charge in [-0.15, -0.1) is 4.72 Å². The summed E-state index contributed by atoms with van der Waals surface area (Å²) in [6.45, 7) is 9.11. The van der Waals surface area contributed by atoms with Crippen LogP contribution in [0.3, 0.4) is 0 Å². The molecular formula is C30H34FN3O4S. The molecule has 9 heteroatoms. The van der Waals surface area contributed by atoms with Gasteiger partial charge in [0.15, 0.2) is 0 Å². The number of likely N-dealkylation sites (tertiary alicyclic amines) is 1. The number of fused-ring (bicyclic) bond motifs is 1. The highest BCUT2D eigenvalue weighted by Crippen LogP contribution is 2.48. The number of aromatic nitrogens is 1. The number of ether oxygens (including phenoxy) is 2. The summed E-state index contributed by atoms with van der Waals surface area (Å²) in [5.74, 6) is 0.579. The van der Waals surface area contributed by atoms with Gasteiger partial charge in [0, 0.05) is 47.9 Å². The number of carbonyl (C=O) groups is 1. The van der Waals surface area contributed by atoms with Crippen molar-refractivity contribution in [3.8, 4) is 17.1 Å². The maximum Gasteiger partial charge on any atom is 0.410 e. The minimum atomic E-state index is -1.26. The fourth-order valence-corrected chi connectivity index (χ4v) is 5.57. The van der Waals surface area contributed by atoms with Gasteiger partial charge in [-0.2, -0.15) is 0 Å². The van der Waals surface area contributed by atoms with E-state index < -0.39 is 16.1 Å². The van der Waals surface area contributed by atoms with Crippen LogP contribution in [0.1, 0.15) is 44.9 Å². The standard InChI is InChI=1S/C30H34FN3O4S/c1-19(33-39(36)30(2,3)4)22-14-26(21-10-12-23(31)13-11-21)32-27(15-22)38-28-24-16-34(17-25(24)28)29(35)37-18-20-8-6-5-7-9-20/h5-15,19,24-25,28,33H,16-18H2,1-4H3/t19?,24-,25+,28?,39?. The summed E-state index contributed by atoms with van der Waals surface area (Å²) in [6.07, 6.45) is -0.353. The summed E-state index contributed by atoms with van der Waals surface area (Å²) in [5.41, 5.74) is 3.23. The minimum Gasteiger partial charge on any atom is -0.598 e. The molecule has 0 radical (unpaired) electrons. The van der Waals surface area contributed by atoms with Crippen molar-refractivity contribution in [2.24, 2.45) is 11.8 Å². The van der Waals surface area contributed by atoms with Gasteiger partial charge < -0.3 is 18.9 Å². The Labute approximate surface area is 232 Å². The molecule has 1 N–H and O–H groups in total. The van der Waals surface area contributed by atoms with Gasteiger partial charge in [0.25, 0.3) is 0 Å². The minimum absolute atomic E-state index is 0.0426. The van der Waals surface area contributed by atoms with Gasteiger partial charge in [0.05, 0.1) is 11.7 Å². The summed E-state index contributed by atoms with van der Waals surface area (Å²) in [4.78, 5) is 19.0. The number of hydrogen-bond acceptors (Lipinski definition) is 6. The van der Waals surface area contributed by atoms with Crippen molar-refractivity contribution < 1.29 is 23.2 Å². The molecule has 2 aromatic carbocycles. The van der Waals surface area contributed by atoms with Crippen molar-refractivity contribution in [2.75, 3.05) is 13.1 Å². The molecule has 1 amide bonds. The number of halogens is 1. The maximum absolute atomic E-state index is 13.6. The second-order valence-corrected chi connectivity index (χ2v) is 13.2. The van der Waals surface area contributed by atoms with Gasteiger partial charge in [-0.1, -0.05) is 30.3 Å². The molecule has 1 aromatic heterocycles. The molecule has 2 heterocycles. The first kappa shape index (κ1) is 27.4. The third kappa shape index (κ3) is 6.54. The first-order chi connectivity index (χ1) is 18.6. The molecule has 2 aliphatic rings. The first-order valence-corrected chi connectivity index (χ1v) is 14.3. The average Bonchev–Trinajstić information content (AvgIpc) is 3.33. The van der Waals surface area contributed by atoms with E-state index in [1.165, 1.54) is 12.1 Å². The fourth-order valence-electron chi connectivity index (χ4n) is 4.76. The molecule has 1 saturated carbocycles. The molecule has 1 saturated heterocycles. The maximum atomic E-state index is 13.6. The van der Waals surface area contributed by atoms with Crippen molar-refractivity contribution in [3.63, 3.8) is 0 Å². The second kappa shape index (κ2) is 11.2. The van der Waals surface area contributed by atoms with E-state index in [0.29, 0.717) is 24.7 Å². The zero-order valence-electron chi connectivity index (χ0n) is 22.6. The van der Waals surface area contributed by atoms with Gasteiger partial charge >= 0.3 is 6.09 Å². The van der Waals surface area contributed by atoms with Gasteiger partial charge in [-0.25, -0.2) is 14.2 Å². The van der Waals surface area contributed by atoms with E-state index in [2.05, 4.69) is 4.72 Å². The van der Waals surface area contributed by atoms with Crippen LogP contribution in [0.25, 0.3) is 11.3 Å². The third-order valence-corrected chi connectivity index (χ3v) is 8.82. The predicted molar refractivity (Wildman–Crippen MR) is 149 cm³/mol. The van der Waals surface area contributed by atoms with E-state index in [0.717, 1.165) is 16.7 Å². The lowest BCUT2D eigenvalue weighted by atomic mass is 10.1. The molecule has 39 heavy (non-hydrogen) atoms. The zero-order valence-corrected chi connectivity index (χ0v) is 23.4. The Morgan fingerprint density at radius 2 is 1.79 bits per heavy atom. The van der Waals surface area contributed by atoms with Crippen LogP contribution < -0.4 is 9.46 Å². The van der Waals surface area contributed by atoms with Crippen molar-refractivity contribution in [2.45, 2.75) is 51.2 Å². The number of hydrogen-bond donors (Lipinski definition) is 1. The molecule has 3 aromatic rings. The van der Waals surface area contributed by atoms with Crippen LogP contribution >= 0.6 is 0 Å². The monoisotopic (exact) mass is 551 g/mol. The van der Waals surface area contributed by atoms with Crippen LogP contribution in [0.2, 0.25) is 0 Å². The molecule has 1 aliphatic carbocycles. The quantitative estimate of drug-likeness (QED) is 0.364. The average molecular weight is 552 g/mol. The normalized spacial score (nSPS) is 21.7. The first-order valence-electron chi connectivity index (χ1n) is 13.2. The number of nitrogens with zero attached hydrogens (tertiary/aromatic N) is 2. The Morgan fingerprint density at radius 3 is 2.44 bits per heavy atom. The highest BCUT2D eigenvalue weighted by atomic mass is 32.2. The van der Waals surface area contributed by atoms with Gasteiger partial charge in [0.1, 0.15) is 23.3 Å². The summed E-state index contributed by atoms with van der Waals surface area (Å²) in [7, 11) is 0. The number of nitrogens with one attached hydrogen (secondary N) is 1. The third-order valence-electron chi connectivity index (χ3n) is 7.14. The van der Waals surface area contributed by atoms with Gasteiger partial charge in [0.2, 0.25) is 5.88 Å². The Kier molecular flexibility index (Phi) is 7.84. The molecule has 2 fully saturated rings. The lowest BCUT2D eigenvalue weighted by Gasteiger charge is -2.27. The van der Waals surface area contributed by atoms with Crippen LogP contribution in [0, 0.1) is 17.7 Å². The van der Waals surface area contributed by atoms with E-state index in [1.807, 2.05) is 70.2 Å². The van der Waals surface area contributed by atoms with Crippen molar-refractivity contribution in [1.82, 2.24) is 14.6 Å². The Morgan fingerprint density at radius 1 is 1.13 bits per heavy atom. The van der Waals surface area contributed by atoms with Gasteiger partial charge in [-0.3, -0.25) is 0 Å². The van der Waals surface area contributed by atoms with E-state index in [4.69, 9.17) is 14.5 Å². The molecule has 7 nitrogen and oxygen atoms in total. The molecule has 5 rings (SSSR count). The number of benzene rings is 2. The Balaban J connectivity index is 1.25. The zero-order chi connectivity index (χ0) is 27.7. The molecule has 5 atom stereocenters. The lowest BCUT2D eigenvalue weighted by Crippen LogP contribution is -2.40. The van der Waals surface area contributed by atoms with Crippen LogP contribution in [-0.4, -0.2) is 44.5 Å².